The summed E-state index contributed by atoms with van der Waals surface area (Å²) < 4.78 is 0. The zero-order chi connectivity index (χ0) is 19.5. The summed E-state index contributed by atoms with van der Waals surface area (Å²) in [6.45, 7) is 2.52. The number of fused-ring (bicyclic) bond motifs is 1. The molecule has 0 saturated carbocycles. The summed E-state index contributed by atoms with van der Waals surface area (Å²) in [7, 11) is 0. The number of hydrogen-bond acceptors (Lipinski definition) is 2. The standard InChI is InChI=1S/C23H26Cl2N2O/c24-20-8-4-9-21(25)19(20)15-27-13-11-17(12-14-27)23(28)26-22-10-3-6-16-5-1-2-7-18(16)22/h1-2,4-5,7-9,17,22H,3,6,10-15H2,(H,26,28)/t22-/m1/s1. The van der Waals surface area contributed by atoms with Crippen molar-refractivity contribution in [3.8, 4) is 0 Å². The molecule has 1 aliphatic heterocycles. The average molecular weight is 417 g/mol. The van der Waals surface area contributed by atoms with Crippen molar-refractivity contribution >= 4 is 29.1 Å². The Balaban J connectivity index is 1.32. The molecule has 1 saturated heterocycles. The van der Waals surface area contributed by atoms with Crippen molar-refractivity contribution in [1.82, 2.24) is 10.2 Å². The molecule has 2 aromatic carbocycles. The fourth-order valence-electron chi connectivity index (χ4n) is 4.45. The first-order valence-corrected chi connectivity index (χ1v) is 10.9. The number of carbonyl (C=O) groups is 1. The van der Waals surface area contributed by atoms with Crippen LogP contribution in [0.3, 0.4) is 0 Å². The molecule has 0 spiro atoms. The van der Waals surface area contributed by atoms with E-state index in [0.29, 0.717) is 10.0 Å². The second-order valence-electron chi connectivity index (χ2n) is 7.90. The minimum absolute atomic E-state index is 0.0899. The molecule has 1 amide bonds. The van der Waals surface area contributed by atoms with E-state index in [2.05, 4.69) is 34.5 Å². The molecule has 3 nitrogen and oxygen atoms in total. The van der Waals surface area contributed by atoms with Crippen molar-refractivity contribution in [2.24, 2.45) is 5.92 Å². The lowest BCUT2D eigenvalue weighted by Crippen LogP contribution is -2.41. The van der Waals surface area contributed by atoms with E-state index < -0.39 is 0 Å². The highest BCUT2D eigenvalue weighted by molar-refractivity contribution is 6.35. The highest BCUT2D eigenvalue weighted by Crippen LogP contribution is 2.31. The molecule has 1 N–H and O–H groups in total. The quantitative estimate of drug-likeness (QED) is 0.723. The van der Waals surface area contributed by atoms with Crippen LogP contribution in [0, 0.1) is 5.92 Å². The molecule has 0 radical (unpaired) electrons. The highest BCUT2D eigenvalue weighted by atomic mass is 35.5. The molecule has 1 atom stereocenters. The molecule has 4 rings (SSSR count). The van der Waals surface area contributed by atoms with Crippen LogP contribution in [-0.2, 0) is 17.8 Å². The maximum atomic E-state index is 12.9. The number of carbonyl (C=O) groups excluding carboxylic acids is 1. The number of likely N-dealkylation sites (tertiary alicyclic amines) is 1. The third-order valence-corrected chi connectivity index (χ3v) is 6.80. The van der Waals surface area contributed by atoms with Crippen LogP contribution >= 0.6 is 23.2 Å². The van der Waals surface area contributed by atoms with Gasteiger partial charge in [0.15, 0.2) is 0 Å². The lowest BCUT2D eigenvalue weighted by Gasteiger charge is -2.33. The topological polar surface area (TPSA) is 32.3 Å². The summed E-state index contributed by atoms with van der Waals surface area (Å²) in [5.41, 5.74) is 3.66. The van der Waals surface area contributed by atoms with Gasteiger partial charge in [0.1, 0.15) is 0 Å². The van der Waals surface area contributed by atoms with Crippen LogP contribution < -0.4 is 5.32 Å². The maximum Gasteiger partial charge on any atom is 0.223 e. The number of nitrogens with one attached hydrogen (secondary N) is 1. The van der Waals surface area contributed by atoms with Crippen molar-refractivity contribution < 1.29 is 4.79 Å². The third kappa shape index (κ3) is 4.37. The molecular formula is C23H26Cl2N2O. The molecule has 2 aromatic rings. The first kappa shape index (κ1) is 19.8. The van der Waals surface area contributed by atoms with E-state index in [1.165, 1.54) is 11.1 Å². The lowest BCUT2D eigenvalue weighted by atomic mass is 9.87. The first-order valence-electron chi connectivity index (χ1n) is 10.2. The van der Waals surface area contributed by atoms with E-state index in [-0.39, 0.29) is 17.9 Å². The summed E-state index contributed by atoms with van der Waals surface area (Å²) in [4.78, 5) is 15.2. The molecule has 0 unspecified atom stereocenters. The highest BCUT2D eigenvalue weighted by Gasteiger charge is 2.28. The summed E-state index contributed by atoms with van der Waals surface area (Å²) in [6, 6.07) is 14.3. The molecule has 1 heterocycles. The molecule has 2 aliphatic rings. The van der Waals surface area contributed by atoms with Gasteiger partial charge in [0.2, 0.25) is 5.91 Å². The average Bonchev–Trinajstić information content (AvgIpc) is 2.71. The fourth-order valence-corrected chi connectivity index (χ4v) is 4.97. The van der Waals surface area contributed by atoms with Gasteiger partial charge in [0.25, 0.3) is 0 Å². The van der Waals surface area contributed by atoms with Crippen molar-refractivity contribution in [2.75, 3.05) is 13.1 Å². The molecule has 1 aliphatic carbocycles. The Morgan fingerprint density at radius 1 is 1.00 bits per heavy atom. The fraction of sp³-hybridized carbons (Fsp3) is 0.435. The first-order chi connectivity index (χ1) is 13.6. The van der Waals surface area contributed by atoms with Gasteiger partial charge >= 0.3 is 0 Å². The predicted octanol–water partition coefficient (Wildman–Crippen LogP) is 5.40. The zero-order valence-corrected chi connectivity index (χ0v) is 17.5. The second kappa shape index (κ2) is 8.86. The van der Waals surface area contributed by atoms with E-state index in [9.17, 15) is 4.79 Å². The van der Waals surface area contributed by atoms with Gasteiger partial charge in [-0.05, 0) is 68.5 Å². The number of amides is 1. The second-order valence-corrected chi connectivity index (χ2v) is 8.72. The Labute approximate surface area is 177 Å². The number of piperidine rings is 1. The molecule has 5 heteroatoms. The number of aryl methyl sites for hydroxylation is 1. The van der Waals surface area contributed by atoms with Gasteiger partial charge in [-0.3, -0.25) is 9.69 Å². The number of rotatable bonds is 4. The van der Waals surface area contributed by atoms with E-state index >= 15 is 0 Å². The van der Waals surface area contributed by atoms with Gasteiger partial charge in [0.05, 0.1) is 6.04 Å². The minimum Gasteiger partial charge on any atom is -0.349 e. The normalized spacial score (nSPS) is 20.6. The van der Waals surface area contributed by atoms with Gasteiger partial charge in [-0.25, -0.2) is 0 Å². The van der Waals surface area contributed by atoms with Crippen molar-refractivity contribution in [3.05, 3.63) is 69.2 Å². The van der Waals surface area contributed by atoms with Crippen LogP contribution in [0.2, 0.25) is 10.0 Å². The van der Waals surface area contributed by atoms with Gasteiger partial charge in [-0.1, -0.05) is 53.5 Å². The van der Waals surface area contributed by atoms with Crippen LogP contribution in [0.25, 0.3) is 0 Å². The molecule has 28 heavy (non-hydrogen) atoms. The Morgan fingerprint density at radius 3 is 2.46 bits per heavy atom. The van der Waals surface area contributed by atoms with Crippen molar-refractivity contribution in [3.63, 3.8) is 0 Å². The smallest absolute Gasteiger partial charge is 0.223 e. The van der Waals surface area contributed by atoms with Crippen LogP contribution in [0.5, 0.6) is 0 Å². The Kier molecular flexibility index (Phi) is 6.25. The summed E-state index contributed by atoms with van der Waals surface area (Å²) >= 11 is 12.6. The number of hydrogen-bond donors (Lipinski definition) is 1. The molecule has 148 valence electrons. The number of benzene rings is 2. The van der Waals surface area contributed by atoms with Crippen LogP contribution in [0.4, 0.5) is 0 Å². The van der Waals surface area contributed by atoms with E-state index in [4.69, 9.17) is 23.2 Å². The van der Waals surface area contributed by atoms with Crippen molar-refractivity contribution in [2.45, 2.75) is 44.7 Å². The predicted molar refractivity (Wildman–Crippen MR) is 115 cm³/mol. The van der Waals surface area contributed by atoms with Gasteiger partial charge in [-0.15, -0.1) is 0 Å². The molecule has 0 bridgehead atoms. The van der Waals surface area contributed by atoms with Gasteiger partial charge in [0, 0.05) is 28.1 Å². The monoisotopic (exact) mass is 416 g/mol. The third-order valence-electron chi connectivity index (χ3n) is 6.09. The van der Waals surface area contributed by atoms with E-state index in [0.717, 1.165) is 57.3 Å². The van der Waals surface area contributed by atoms with Crippen molar-refractivity contribution in [1.29, 1.82) is 0 Å². The van der Waals surface area contributed by atoms with Crippen LogP contribution in [-0.4, -0.2) is 23.9 Å². The molecule has 1 fully saturated rings. The van der Waals surface area contributed by atoms with Crippen LogP contribution in [0.1, 0.15) is 48.4 Å². The molecule has 0 aromatic heterocycles. The summed E-state index contributed by atoms with van der Waals surface area (Å²) in [5.74, 6) is 0.296. The largest absolute Gasteiger partial charge is 0.349 e. The Bertz CT molecular complexity index is 826. The Hall–Kier alpha value is -1.55. The number of nitrogens with zero attached hydrogens (tertiary/aromatic N) is 1. The molecular weight excluding hydrogens is 391 g/mol. The summed E-state index contributed by atoms with van der Waals surface area (Å²) in [5, 5.41) is 4.75. The number of halogens is 2. The Morgan fingerprint density at radius 2 is 1.71 bits per heavy atom. The van der Waals surface area contributed by atoms with Gasteiger partial charge < -0.3 is 5.32 Å². The lowest BCUT2D eigenvalue weighted by molar-refractivity contribution is -0.127. The zero-order valence-electron chi connectivity index (χ0n) is 16.0. The van der Waals surface area contributed by atoms with E-state index in [1.807, 2.05) is 18.2 Å². The maximum absolute atomic E-state index is 12.9. The van der Waals surface area contributed by atoms with Crippen LogP contribution in [0.15, 0.2) is 42.5 Å². The SMILES string of the molecule is O=C(N[C@@H]1CCCc2ccccc21)C1CCN(Cc2c(Cl)cccc2Cl)CC1. The van der Waals surface area contributed by atoms with E-state index in [1.54, 1.807) is 0 Å². The minimum atomic E-state index is 0.0899. The van der Waals surface area contributed by atoms with Gasteiger partial charge in [-0.2, -0.15) is 0 Å². The summed E-state index contributed by atoms with van der Waals surface area (Å²) in [6.07, 6.45) is 5.04.